The summed E-state index contributed by atoms with van der Waals surface area (Å²) in [6.07, 6.45) is 0.571. The third-order valence-electron chi connectivity index (χ3n) is 3.65. The SMILES string of the molecule is CC1CN(Cc2ccc(F)c(C(N)=S)c2)CCC1O. The van der Waals surface area contributed by atoms with Crippen molar-refractivity contribution in [1.29, 1.82) is 0 Å². The minimum Gasteiger partial charge on any atom is -0.393 e. The Morgan fingerprint density at radius 2 is 2.32 bits per heavy atom. The quantitative estimate of drug-likeness (QED) is 0.828. The molecule has 2 atom stereocenters. The molecule has 1 heterocycles. The largest absolute Gasteiger partial charge is 0.393 e. The van der Waals surface area contributed by atoms with Crippen LogP contribution in [0, 0.1) is 11.7 Å². The van der Waals surface area contributed by atoms with E-state index in [1.165, 1.54) is 6.07 Å². The molecule has 0 amide bonds. The number of aliphatic hydroxyl groups excluding tert-OH is 1. The molecule has 0 spiro atoms. The molecule has 0 aliphatic carbocycles. The maximum Gasteiger partial charge on any atom is 0.133 e. The molecule has 1 fully saturated rings. The number of hydrogen-bond donors (Lipinski definition) is 2. The second kappa shape index (κ2) is 5.94. The van der Waals surface area contributed by atoms with Gasteiger partial charge in [0.1, 0.15) is 10.8 Å². The van der Waals surface area contributed by atoms with Crippen molar-refractivity contribution < 1.29 is 9.50 Å². The van der Waals surface area contributed by atoms with Crippen molar-refractivity contribution in [2.75, 3.05) is 13.1 Å². The molecule has 1 aromatic carbocycles. The lowest BCUT2D eigenvalue weighted by atomic mass is 9.96. The third kappa shape index (κ3) is 3.49. The molecule has 1 saturated heterocycles. The van der Waals surface area contributed by atoms with Crippen LogP contribution < -0.4 is 5.73 Å². The Kier molecular flexibility index (Phi) is 4.50. The van der Waals surface area contributed by atoms with Crippen molar-refractivity contribution in [2.24, 2.45) is 11.7 Å². The van der Waals surface area contributed by atoms with E-state index >= 15 is 0 Å². The van der Waals surface area contributed by atoms with E-state index in [1.807, 2.05) is 6.92 Å². The van der Waals surface area contributed by atoms with E-state index in [-0.39, 0.29) is 22.8 Å². The van der Waals surface area contributed by atoms with Crippen LogP contribution >= 0.6 is 12.2 Å². The Balaban J connectivity index is 2.07. The highest BCUT2D eigenvalue weighted by Gasteiger charge is 2.24. The van der Waals surface area contributed by atoms with Gasteiger partial charge in [0.2, 0.25) is 0 Å². The molecule has 1 aliphatic heterocycles. The van der Waals surface area contributed by atoms with E-state index in [4.69, 9.17) is 18.0 Å². The predicted molar refractivity (Wildman–Crippen MR) is 77.4 cm³/mol. The molecule has 3 nitrogen and oxygen atoms in total. The summed E-state index contributed by atoms with van der Waals surface area (Å²) in [7, 11) is 0. The van der Waals surface area contributed by atoms with Crippen molar-refractivity contribution in [3.05, 3.63) is 35.1 Å². The summed E-state index contributed by atoms with van der Waals surface area (Å²) in [5.41, 5.74) is 6.80. The number of aliphatic hydroxyl groups is 1. The van der Waals surface area contributed by atoms with Gasteiger partial charge in [0.15, 0.2) is 0 Å². The van der Waals surface area contributed by atoms with Gasteiger partial charge in [0.25, 0.3) is 0 Å². The lowest BCUT2D eigenvalue weighted by molar-refractivity contribution is 0.0320. The Morgan fingerprint density at radius 3 is 2.95 bits per heavy atom. The molecule has 5 heteroatoms. The average Bonchev–Trinajstić information content (AvgIpc) is 2.36. The maximum atomic E-state index is 13.5. The number of halogens is 1. The van der Waals surface area contributed by atoms with Crippen molar-refractivity contribution in [3.63, 3.8) is 0 Å². The summed E-state index contributed by atoms with van der Waals surface area (Å²) >= 11 is 4.84. The molecule has 2 rings (SSSR count). The summed E-state index contributed by atoms with van der Waals surface area (Å²) in [4.78, 5) is 2.34. The normalized spacial score (nSPS) is 24.4. The van der Waals surface area contributed by atoms with E-state index in [0.29, 0.717) is 5.56 Å². The average molecular weight is 282 g/mol. The Labute approximate surface area is 118 Å². The summed E-state index contributed by atoms with van der Waals surface area (Å²) in [6, 6.07) is 4.88. The van der Waals surface area contributed by atoms with Gasteiger partial charge >= 0.3 is 0 Å². The zero-order valence-electron chi connectivity index (χ0n) is 11.0. The smallest absolute Gasteiger partial charge is 0.133 e. The fourth-order valence-electron chi connectivity index (χ4n) is 2.48. The number of hydrogen-bond acceptors (Lipinski definition) is 3. The van der Waals surface area contributed by atoms with Crippen molar-refractivity contribution >= 4 is 17.2 Å². The summed E-state index contributed by atoms with van der Waals surface area (Å²) < 4.78 is 13.5. The first kappa shape index (κ1) is 14.4. The molecule has 19 heavy (non-hydrogen) atoms. The van der Waals surface area contributed by atoms with Gasteiger partial charge < -0.3 is 10.8 Å². The molecule has 1 aliphatic rings. The monoisotopic (exact) mass is 282 g/mol. The van der Waals surface area contributed by atoms with Crippen molar-refractivity contribution in [3.8, 4) is 0 Å². The van der Waals surface area contributed by atoms with Crippen LogP contribution in [0.5, 0.6) is 0 Å². The van der Waals surface area contributed by atoms with Crippen LogP contribution in [0.25, 0.3) is 0 Å². The van der Waals surface area contributed by atoms with Crippen LogP contribution in [0.4, 0.5) is 4.39 Å². The molecule has 1 aromatic rings. The first-order chi connectivity index (χ1) is 8.97. The molecule has 2 unspecified atom stereocenters. The van der Waals surface area contributed by atoms with Crippen LogP contribution in [0.2, 0.25) is 0 Å². The Bertz CT molecular complexity index is 481. The summed E-state index contributed by atoms with van der Waals surface area (Å²) in [5.74, 6) is -0.108. The van der Waals surface area contributed by atoms with Gasteiger partial charge in [-0.3, -0.25) is 4.90 Å². The maximum absolute atomic E-state index is 13.5. The number of nitrogens with zero attached hydrogens (tertiary/aromatic N) is 1. The van der Waals surface area contributed by atoms with E-state index < -0.39 is 0 Å². The predicted octanol–water partition coefficient (Wildman–Crippen LogP) is 1.66. The summed E-state index contributed by atoms with van der Waals surface area (Å²) in [5, 5.41) is 9.70. The fourth-order valence-corrected chi connectivity index (χ4v) is 2.64. The van der Waals surface area contributed by atoms with Crippen molar-refractivity contribution in [2.45, 2.75) is 26.0 Å². The topological polar surface area (TPSA) is 49.5 Å². The highest BCUT2D eigenvalue weighted by molar-refractivity contribution is 7.80. The number of likely N-dealkylation sites (tertiary alicyclic amines) is 1. The number of nitrogens with two attached hydrogens (primary N) is 1. The van der Waals surface area contributed by atoms with Gasteiger partial charge in [0, 0.05) is 25.2 Å². The molecule has 0 saturated carbocycles. The van der Waals surface area contributed by atoms with Gasteiger partial charge in [-0.05, 0) is 30.0 Å². The van der Waals surface area contributed by atoms with Gasteiger partial charge in [0.05, 0.1) is 6.10 Å². The highest BCUT2D eigenvalue weighted by Crippen LogP contribution is 2.19. The molecule has 0 radical (unpaired) electrons. The number of thiocarbonyl (C=S) groups is 1. The second-order valence-corrected chi connectivity index (χ2v) is 5.69. The van der Waals surface area contributed by atoms with Crippen LogP contribution in [0.1, 0.15) is 24.5 Å². The Hall–Kier alpha value is -1.04. The van der Waals surface area contributed by atoms with Gasteiger partial charge in [-0.15, -0.1) is 0 Å². The fraction of sp³-hybridized carbons (Fsp3) is 0.500. The number of benzene rings is 1. The van der Waals surface area contributed by atoms with Gasteiger partial charge in [-0.25, -0.2) is 4.39 Å². The zero-order valence-corrected chi connectivity index (χ0v) is 11.8. The minimum absolute atomic E-state index is 0.0850. The third-order valence-corrected chi connectivity index (χ3v) is 3.87. The number of rotatable bonds is 3. The second-order valence-electron chi connectivity index (χ2n) is 5.25. The molecular formula is C14H19FN2OS. The van der Waals surface area contributed by atoms with Gasteiger partial charge in [-0.1, -0.05) is 25.2 Å². The molecule has 3 N–H and O–H groups in total. The molecule has 0 bridgehead atoms. The van der Waals surface area contributed by atoms with Crippen LogP contribution in [0.3, 0.4) is 0 Å². The van der Waals surface area contributed by atoms with Crippen LogP contribution in [-0.2, 0) is 6.54 Å². The van der Waals surface area contributed by atoms with Gasteiger partial charge in [-0.2, -0.15) is 0 Å². The van der Waals surface area contributed by atoms with Crippen LogP contribution in [0.15, 0.2) is 18.2 Å². The Morgan fingerprint density at radius 1 is 1.58 bits per heavy atom. The first-order valence-corrected chi connectivity index (χ1v) is 6.87. The minimum atomic E-state index is -0.376. The molecular weight excluding hydrogens is 263 g/mol. The zero-order chi connectivity index (χ0) is 14.0. The van der Waals surface area contributed by atoms with E-state index in [2.05, 4.69) is 4.90 Å². The lowest BCUT2D eigenvalue weighted by Gasteiger charge is -2.34. The molecule has 104 valence electrons. The van der Waals surface area contributed by atoms with E-state index in [0.717, 1.165) is 31.6 Å². The number of piperidine rings is 1. The standard InChI is InChI=1S/C14H19FN2OS/c1-9-7-17(5-4-13(9)18)8-10-2-3-12(15)11(6-10)14(16)19/h2-3,6,9,13,18H,4-5,7-8H2,1H3,(H2,16,19). The van der Waals surface area contributed by atoms with Crippen molar-refractivity contribution in [1.82, 2.24) is 4.90 Å². The van der Waals surface area contributed by atoms with E-state index in [1.54, 1.807) is 12.1 Å². The van der Waals surface area contributed by atoms with E-state index in [9.17, 15) is 9.50 Å². The summed E-state index contributed by atoms with van der Waals surface area (Å²) in [6.45, 7) is 4.47. The lowest BCUT2D eigenvalue weighted by Crippen LogP contribution is -2.41. The molecule has 0 aromatic heterocycles. The highest BCUT2D eigenvalue weighted by atomic mass is 32.1. The first-order valence-electron chi connectivity index (χ1n) is 6.46. The van der Waals surface area contributed by atoms with Crippen LogP contribution in [-0.4, -0.2) is 34.2 Å².